The fraction of sp³-hybridized carbons (Fsp3) is 0.407. The minimum Gasteiger partial charge on any atom is -0.507 e. The van der Waals surface area contributed by atoms with Crippen LogP contribution in [0.2, 0.25) is 0 Å². The molecule has 0 saturated carbocycles. The van der Waals surface area contributed by atoms with Gasteiger partial charge >= 0.3 is 0 Å². The Morgan fingerprint density at radius 3 is 2.34 bits per heavy atom. The minimum absolute atomic E-state index is 0.00948. The predicted octanol–water partition coefficient (Wildman–Crippen LogP) is 4.20. The van der Waals surface area contributed by atoms with E-state index < -0.39 is 17.7 Å². The van der Waals surface area contributed by atoms with Gasteiger partial charge in [-0.2, -0.15) is 0 Å². The van der Waals surface area contributed by atoms with E-state index in [0.717, 1.165) is 0 Å². The van der Waals surface area contributed by atoms with Crippen molar-refractivity contribution in [1.82, 2.24) is 4.90 Å². The van der Waals surface area contributed by atoms with Gasteiger partial charge in [0.05, 0.1) is 38.5 Å². The number of hydrogen-bond donors (Lipinski definition) is 1. The summed E-state index contributed by atoms with van der Waals surface area (Å²) >= 11 is 0. The summed E-state index contributed by atoms with van der Waals surface area (Å²) in [6.07, 6.45) is 0. The zero-order valence-electron chi connectivity index (χ0n) is 20.9. The molecule has 2 aromatic rings. The minimum atomic E-state index is -0.816. The molecule has 0 radical (unpaired) electrons. The number of hydrogen-bond acceptors (Lipinski definition) is 7. The van der Waals surface area contributed by atoms with Crippen LogP contribution in [0.15, 0.2) is 48.0 Å². The fourth-order valence-corrected chi connectivity index (χ4v) is 3.91. The van der Waals surface area contributed by atoms with E-state index in [1.165, 1.54) is 12.0 Å². The van der Waals surface area contributed by atoms with Crippen LogP contribution < -0.4 is 14.2 Å². The molecule has 2 aromatic carbocycles. The molecule has 1 aliphatic heterocycles. The lowest BCUT2D eigenvalue weighted by atomic mass is 9.95. The Kier molecular flexibility index (Phi) is 8.76. The molecule has 0 aliphatic carbocycles. The van der Waals surface area contributed by atoms with Crippen molar-refractivity contribution >= 4 is 17.4 Å². The molecule has 1 N–H and O–H groups in total. The Bertz CT molecular complexity index is 1080. The highest BCUT2D eigenvalue weighted by Gasteiger charge is 2.46. The number of aliphatic hydroxyl groups is 1. The number of carbonyl (C=O) groups excluding carboxylic acids is 2. The zero-order valence-corrected chi connectivity index (χ0v) is 20.9. The molecule has 35 heavy (non-hydrogen) atoms. The van der Waals surface area contributed by atoms with Gasteiger partial charge in [0, 0.05) is 19.2 Å². The Morgan fingerprint density at radius 1 is 1.03 bits per heavy atom. The summed E-state index contributed by atoms with van der Waals surface area (Å²) in [4.78, 5) is 27.6. The van der Waals surface area contributed by atoms with Gasteiger partial charge in [0.2, 0.25) is 0 Å². The first-order valence-electron chi connectivity index (χ1n) is 11.6. The van der Waals surface area contributed by atoms with Crippen molar-refractivity contribution < 1.29 is 33.6 Å². The molecule has 8 heteroatoms. The van der Waals surface area contributed by atoms with Crippen molar-refractivity contribution in [2.45, 2.75) is 26.8 Å². The number of amides is 1. The molecule has 0 bridgehead atoms. The number of Topliss-reactive ketones (excluding diaryl/α,β-unsaturated/α-hetero) is 1. The second-order valence-corrected chi connectivity index (χ2v) is 8.56. The van der Waals surface area contributed by atoms with Crippen molar-refractivity contribution in [3.05, 3.63) is 59.2 Å². The molecule has 1 aliphatic rings. The van der Waals surface area contributed by atoms with Crippen LogP contribution in [0, 0.1) is 5.92 Å². The average molecular weight is 484 g/mol. The van der Waals surface area contributed by atoms with Gasteiger partial charge in [0.25, 0.3) is 11.7 Å². The van der Waals surface area contributed by atoms with Crippen molar-refractivity contribution in [3.63, 3.8) is 0 Å². The zero-order chi connectivity index (χ0) is 25.5. The molecule has 1 fully saturated rings. The maximum absolute atomic E-state index is 13.1. The van der Waals surface area contributed by atoms with Crippen LogP contribution >= 0.6 is 0 Å². The molecule has 188 valence electrons. The van der Waals surface area contributed by atoms with Gasteiger partial charge in [0.15, 0.2) is 11.5 Å². The molecule has 0 spiro atoms. The van der Waals surface area contributed by atoms with E-state index in [9.17, 15) is 14.7 Å². The van der Waals surface area contributed by atoms with Crippen LogP contribution in [0.4, 0.5) is 0 Å². The Balaban J connectivity index is 2.12. The van der Waals surface area contributed by atoms with E-state index in [-0.39, 0.29) is 30.4 Å². The van der Waals surface area contributed by atoms with Gasteiger partial charge in [0.1, 0.15) is 11.5 Å². The lowest BCUT2D eigenvalue weighted by Crippen LogP contribution is -2.32. The number of methoxy groups -OCH3 is 2. The summed E-state index contributed by atoms with van der Waals surface area (Å²) in [7, 11) is 3.07. The standard InChI is InChI=1S/C27H33NO7/c1-6-34-20-10-7-18(8-11-20)25(29)23-24(28(13-14-32-4)27(31)26(23)30)19-9-12-21(33-5)22(15-19)35-16-17(2)3/h7-12,15,17,24,29H,6,13-14,16H2,1-5H3/b25-23-. The van der Waals surface area contributed by atoms with E-state index in [2.05, 4.69) is 0 Å². The Morgan fingerprint density at radius 2 is 1.74 bits per heavy atom. The van der Waals surface area contributed by atoms with E-state index in [1.807, 2.05) is 20.8 Å². The topological polar surface area (TPSA) is 94.5 Å². The third-order valence-corrected chi connectivity index (χ3v) is 5.59. The van der Waals surface area contributed by atoms with E-state index >= 15 is 0 Å². The molecular weight excluding hydrogens is 450 g/mol. The van der Waals surface area contributed by atoms with Crippen molar-refractivity contribution in [2.24, 2.45) is 5.92 Å². The lowest BCUT2D eigenvalue weighted by Gasteiger charge is -2.26. The van der Waals surface area contributed by atoms with E-state index in [1.54, 1.807) is 49.6 Å². The number of likely N-dealkylation sites (tertiary alicyclic amines) is 1. The number of carbonyl (C=O) groups is 2. The maximum atomic E-state index is 13.1. The summed E-state index contributed by atoms with van der Waals surface area (Å²) in [5.74, 6) is 0.264. The average Bonchev–Trinajstić information content (AvgIpc) is 3.11. The van der Waals surface area contributed by atoms with Crippen molar-refractivity contribution in [2.75, 3.05) is 40.6 Å². The molecule has 8 nitrogen and oxygen atoms in total. The maximum Gasteiger partial charge on any atom is 0.295 e. The van der Waals surface area contributed by atoms with Gasteiger partial charge in [-0.15, -0.1) is 0 Å². The highest BCUT2D eigenvalue weighted by Crippen LogP contribution is 2.42. The predicted molar refractivity (Wildman–Crippen MR) is 132 cm³/mol. The molecule has 1 unspecified atom stereocenters. The van der Waals surface area contributed by atoms with Crippen LogP contribution in [0.1, 0.15) is 37.9 Å². The normalized spacial score (nSPS) is 17.2. The molecule has 3 rings (SSSR count). The first-order chi connectivity index (χ1) is 16.8. The number of rotatable bonds is 11. The number of ketones is 1. The number of nitrogens with zero attached hydrogens (tertiary/aromatic N) is 1. The van der Waals surface area contributed by atoms with Crippen LogP contribution in [0.3, 0.4) is 0 Å². The summed E-state index contributed by atoms with van der Waals surface area (Å²) in [5, 5.41) is 11.2. The highest BCUT2D eigenvalue weighted by molar-refractivity contribution is 6.46. The van der Waals surface area contributed by atoms with Gasteiger partial charge in [-0.25, -0.2) is 0 Å². The summed E-state index contributed by atoms with van der Waals surface area (Å²) in [6, 6.07) is 11.2. The molecular formula is C27H33NO7. The second-order valence-electron chi connectivity index (χ2n) is 8.56. The lowest BCUT2D eigenvalue weighted by molar-refractivity contribution is -0.140. The monoisotopic (exact) mass is 483 g/mol. The van der Waals surface area contributed by atoms with Gasteiger partial charge in [-0.3, -0.25) is 9.59 Å². The van der Waals surface area contributed by atoms with Crippen molar-refractivity contribution in [1.29, 1.82) is 0 Å². The summed E-state index contributed by atoms with van der Waals surface area (Å²) in [5.41, 5.74) is 1.04. The molecule has 1 amide bonds. The second kappa shape index (κ2) is 11.8. The number of benzene rings is 2. The summed E-state index contributed by atoms with van der Waals surface area (Å²) < 4.78 is 22.0. The van der Waals surface area contributed by atoms with Gasteiger partial charge < -0.3 is 29.0 Å². The van der Waals surface area contributed by atoms with E-state index in [0.29, 0.717) is 41.6 Å². The first kappa shape index (κ1) is 26.1. The van der Waals surface area contributed by atoms with Gasteiger partial charge in [-0.1, -0.05) is 19.9 Å². The first-order valence-corrected chi connectivity index (χ1v) is 11.6. The number of aliphatic hydroxyl groups excluding tert-OH is 1. The SMILES string of the molecule is CCOc1ccc(/C(O)=C2/C(=O)C(=O)N(CCOC)C2c2ccc(OC)c(OCC(C)C)c2)cc1. The van der Waals surface area contributed by atoms with Crippen LogP contribution in [-0.2, 0) is 14.3 Å². The Labute approximate surface area is 206 Å². The Hall–Kier alpha value is -3.52. The van der Waals surface area contributed by atoms with Crippen molar-refractivity contribution in [3.8, 4) is 17.2 Å². The quantitative estimate of drug-likeness (QED) is 0.291. The number of ether oxygens (including phenoxy) is 4. The highest BCUT2D eigenvalue weighted by atomic mass is 16.5. The third-order valence-electron chi connectivity index (χ3n) is 5.59. The molecule has 1 atom stereocenters. The third kappa shape index (κ3) is 5.77. The van der Waals surface area contributed by atoms with Gasteiger partial charge in [-0.05, 0) is 54.8 Å². The smallest absolute Gasteiger partial charge is 0.295 e. The summed E-state index contributed by atoms with van der Waals surface area (Å²) in [6.45, 7) is 7.34. The van der Waals surface area contributed by atoms with Crippen LogP contribution in [0.5, 0.6) is 17.2 Å². The molecule has 1 heterocycles. The van der Waals surface area contributed by atoms with Crippen LogP contribution in [-0.4, -0.2) is 62.3 Å². The molecule has 1 saturated heterocycles. The molecule has 0 aromatic heterocycles. The van der Waals surface area contributed by atoms with E-state index in [4.69, 9.17) is 18.9 Å². The fourth-order valence-electron chi connectivity index (χ4n) is 3.91. The largest absolute Gasteiger partial charge is 0.507 e. The van der Waals surface area contributed by atoms with Crippen LogP contribution in [0.25, 0.3) is 5.76 Å².